The fourth-order valence-electron chi connectivity index (χ4n) is 0.680. The second kappa shape index (κ2) is 4.16. The second-order valence-electron chi connectivity index (χ2n) is 2.91. The number of halogens is 1. The Kier molecular flexibility index (Phi) is 4.25. The van der Waals surface area contributed by atoms with Crippen molar-refractivity contribution in [2.24, 2.45) is 0 Å². The molecule has 1 N–H and O–H groups in total. The maximum absolute atomic E-state index is 8.82. The van der Waals surface area contributed by atoms with Crippen molar-refractivity contribution in [1.29, 1.82) is 0 Å². The first-order valence-corrected chi connectivity index (χ1v) is 3.92. The zero-order valence-corrected chi connectivity index (χ0v) is 7.48. The van der Waals surface area contributed by atoms with Gasteiger partial charge < -0.3 is 9.84 Å². The molecule has 0 spiro atoms. The van der Waals surface area contributed by atoms with Crippen LogP contribution in [0, 0.1) is 0 Å². The Morgan fingerprint density at radius 1 is 1.60 bits per heavy atom. The Bertz CT molecular complexity index is 89.6. The van der Waals surface area contributed by atoms with Crippen molar-refractivity contribution in [2.75, 3.05) is 12.5 Å². The largest absolute Gasteiger partial charge is 0.393 e. The van der Waals surface area contributed by atoms with Crippen LogP contribution in [-0.2, 0) is 4.74 Å². The number of hydrogen-bond donors (Lipinski definition) is 1. The van der Waals surface area contributed by atoms with E-state index in [-0.39, 0.29) is 12.7 Å². The van der Waals surface area contributed by atoms with Crippen LogP contribution >= 0.6 is 11.6 Å². The molecular formula is C7H15ClO2. The lowest BCUT2D eigenvalue weighted by Gasteiger charge is -2.27. The third kappa shape index (κ3) is 3.40. The molecule has 10 heavy (non-hydrogen) atoms. The Balaban J connectivity index is 3.80. The van der Waals surface area contributed by atoms with E-state index >= 15 is 0 Å². The molecule has 0 heterocycles. The third-order valence-electron chi connectivity index (χ3n) is 1.14. The molecule has 0 fully saturated rings. The predicted octanol–water partition coefficient (Wildman–Crippen LogP) is 1.40. The lowest BCUT2D eigenvalue weighted by Crippen LogP contribution is -2.37. The fraction of sp³-hybridized carbons (Fsp3) is 1.00. The summed E-state index contributed by atoms with van der Waals surface area (Å²) >= 11 is 5.57. The summed E-state index contributed by atoms with van der Waals surface area (Å²) in [6.45, 7) is 5.59. The van der Waals surface area contributed by atoms with Gasteiger partial charge in [0.15, 0.2) is 0 Å². The number of rotatable bonds is 4. The fourth-order valence-corrected chi connectivity index (χ4v) is 0.828. The minimum atomic E-state index is -0.574. The molecule has 3 heteroatoms. The van der Waals surface area contributed by atoms with Crippen LogP contribution in [0.1, 0.15) is 20.8 Å². The molecular weight excluding hydrogens is 152 g/mol. The van der Waals surface area contributed by atoms with Gasteiger partial charge in [-0.25, -0.2) is 0 Å². The molecule has 0 bridgehead atoms. The molecule has 1 atom stereocenters. The molecule has 0 aromatic heterocycles. The van der Waals surface area contributed by atoms with Gasteiger partial charge in [0.1, 0.15) is 5.60 Å². The van der Waals surface area contributed by atoms with Crippen LogP contribution in [0.2, 0.25) is 0 Å². The second-order valence-corrected chi connectivity index (χ2v) is 3.18. The van der Waals surface area contributed by atoms with Crippen LogP contribution in [0.5, 0.6) is 0 Å². The summed E-state index contributed by atoms with van der Waals surface area (Å²) in [6.07, 6.45) is 0.107. The van der Waals surface area contributed by atoms with E-state index < -0.39 is 5.60 Å². The number of aliphatic hydroxyl groups is 1. The van der Waals surface area contributed by atoms with E-state index in [2.05, 4.69) is 0 Å². The van der Waals surface area contributed by atoms with E-state index in [1.165, 1.54) is 0 Å². The molecule has 0 saturated heterocycles. The van der Waals surface area contributed by atoms with Crippen molar-refractivity contribution < 1.29 is 9.84 Å². The van der Waals surface area contributed by atoms with Gasteiger partial charge in [-0.2, -0.15) is 0 Å². The normalized spacial score (nSPS) is 17.4. The number of aliphatic hydroxyl groups excluding tert-OH is 1. The van der Waals surface area contributed by atoms with Crippen molar-refractivity contribution >= 4 is 11.6 Å². The smallest absolute Gasteiger partial charge is 0.102 e. The molecule has 1 unspecified atom stereocenters. The Morgan fingerprint density at radius 2 is 2.10 bits per heavy atom. The quantitative estimate of drug-likeness (QED) is 0.640. The molecule has 0 aromatic carbocycles. The highest BCUT2D eigenvalue weighted by atomic mass is 35.5. The van der Waals surface area contributed by atoms with Gasteiger partial charge in [0, 0.05) is 0 Å². The van der Waals surface area contributed by atoms with E-state index in [1.807, 2.05) is 13.8 Å². The van der Waals surface area contributed by atoms with Crippen molar-refractivity contribution in [1.82, 2.24) is 0 Å². The van der Waals surface area contributed by atoms with Crippen molar-refractivity contribution in [2.45, 2.75) is 32.5 Å². The summed E-state index contributed by atoms with van der Waals surface area (Å²) < 4.78 is 5.35. The highest BCUT2D eigenvalue weighted by Crippen LogP contribution is 2.13. The molecule has 0 aliphatic carbocycles. The van der Waals surface area contributed by atoms with Crippen LogP contribution in [0.3, 0.4) is 0 Å². The minimum Gasteiger partial charge on any atom is -0.393 e. The van der Waals surface area contributed by atoms with E-state index in [9.17, 15) is 0 Å². The molecule has 2 nitrogen and oxygen atoms in total. The molecule has 0 amide bonds. The maximum atomic E-state index is 8.82. The van der Waals surface area contributed by atoms with Gasteiger partial charge in [0.2, 0.25) is 0 Å². The van der Waals surface area contributed by atoms with E-state index in [1.54, 1.807) is 6.92 Å². The molecule has 0 aliphatic rings. The van der Waals surface area contributed by atoms with Gasteiger partial charge in [0.25, 0.3) is 0 Å². The number of hydrogen-bond acceptors (Lipinski definition) is 2. The maximum Gasteiger partial charge on any atom is 0.102 e. The first-order valence-electron chi connectivity index (χ1n) is 3.39. The monoisotopic (exact) mass is 166 g/mol. The van der Waals surface area contributed by atoms with Crippen LogP contribution < -0.4 is 0 Å². The Morgan fingerprint density at radius 3 is 2.20 bits per heavy atom. The Hall–Kier alpha value is 0.210. The van der Waals surface area contributed by atoms with Crippen LogP contribution in [-0.4, -0.2) is 29.3 Å². The first kappa shape index (κ1) is 10.2. The standard InChI is InChI=1S/C7H15ClO2/c1-6(2)10-7(3,4-8)5-9/h6,9H,4-5H2,1-3H3. The molecule has 0 saturated carbocycles. The zero-order chi connectivity index (χ0) is 8.20. The van der Waals surface area contributed by atoms with Crippen molar-refractivity contribution in [3.8, 4) is 0 Å². The number of alkyl halides is 1. The van der Waals surface area contributed by atoms with Crippen LogP contribution in [0.25, 0.3) is 0 Å². The summed E-state index contributed by atoms with van der Waals surface area (Å²) in [6, 6.07) is 0. The highest BCUT2D eigenvalue weighted by molar-refractivity contribution is 6.18. The average molecular weight is 167 g/mol. The highest BCUT2D eigenvalue weighted by Gasteiger charge is 2.23. The zero-order valence-electron chi connectivity index (χ0n) is 6.72. The van der Waals surface area contributed by atoms with Gasteiger partial charge in [-0.15, -0.1) is 11.6 Å². The lowest BCUT2D eigenvalue weighted by atomic mass is 10.1. The molecule has 62 valence electrons. The summed E-state index contributed by atoms with van der Waals surface area (Å²) in [4.78, 5) is 0. The predicted molar refractivity (Wildman–Crippen MR) is 42.4 cm³/mol. The topological polar surface area (TPSA) is 29.5 Å². The van der Waals surface area contributed by atoms with Gasteiger partial charge in [-0.3, -0.25) is 0 Å². The van der Waals surface area contributed by atoms with Crippen LogP contribution in [0.4, 0.5) is 0 Å². The Labute approximate surface area is 67.1 Å². The first-order chi connectivity index (χ1) is 4.54. The molecule has 0 aromatic rings. The molecule has 0 aliphatic heterocycles. The summed E-state index contributed by atoms with van der Waals surface area (Å²) in [5.41, 5.74) is -0.574. The molecule has 0 rings (SSSR count). The number of ether oxygens (including phenoxy) is 1. The SMILES string of the molecule is CC(C)OC(C)(CO)CCl. The van der Waals surface area contributed by atoms with Gasteiger partial charge in [0.05, 0.1) is 18.6 Å². The van der Waals surface area contributed by atoms with Gasteiger partial charge in [-0.05, 0) is 20.8 Å². The van der Waals surface area contributed by atoms with Crippen molar-refractivity contribution in [3.05, 3.63) is 0 Å². The van der Waals surface area contributed by atoms with Gasteiger partial charge in [-0.1, -0.05) is 0 Å². The summed E-state index contributed by atoms with van der Waals surface area (Å²) in [5, 5.41) is 8.82. The minimum absolute atomic E-state index is 0.0331. The van der Waals surface area contributed by atoms with Gasteiger partial charge >= 0.3 is 0 Å². The third-order valence-corrected chi connectivity index (χ3v) is 1.70. The van der Waals surface area contributed by atoms with Crippen molar-refractivity contribution in [3.63, 3.8) is 0 Å². The van der Waals surface area contributed by atoms with E-state index in [0.717, 1.165) is 0 Å². The molecule has 0 radical (unpaired) electrons. The van der Waals surface area contributed by atoms with E-state index in [0.29, 0.717) is 5.88 Å². The summed E-state index contributed by atoms with van der Waals surface area (Å²) in [7, 11) is 0. The average Bonchev–Trinajstić information content (AvgIpc) is 1.87. The van der Waals surface area contributed by atoms with E-state index in [4.69, 9.17) is 21.4 Å². The lowest BCUT2D eigenvalue weighted by molar-refractivity contribution is -0.0818. The van der Waals surface area contributed by atoms with Crippen LogP contribution in [0.15, 0.2) is 0 Å². The summed E-state index contributed by atoms with van der Waals surface area (Å²) in [5.74, 6) is 0.321.